The van der Waals surface area contributed by atoms with Gasteiger partial charge in [0.05, 0.1) is 30.2 Å². The van der Waals surface area contributed by atoms with Crippen LogP contribution < -0.4 is 14.8 Å². The molecule has 6 nitrogen and oxygen atoms in total. The van der Waals surface area contributed by atoms with E-state index >= 15 is 0 Å². The van der Waals surface area contributed by atoms with E-state index in [0.29, 0.717) is 23.6 Å². The van der Waals surface area contributed by atoms with Crippen LogP contribution in [0.25, 0.3) is 0 Å². The lowest BCUT2D eigenvalue weighted by Crippen LogP contribution is -2.14. The molecule has 3 rings (SSSR count). The fourth-order valence-corrected chi connectivity index (χ4v) is 3.14. The highest BCUT2D eigenvalue weighted by Gasteiger charge is 2.18. The number of carbonyl (C=O) groups is 1. The summed E-state index contributed by atoms with van der Waals surface area (Å²) in [5.41, 5.74) is 2.75. The van der Waals surface area contributed by atoms with Crippen molar-refractivity contribution in [2.45, 2.75) is 33.9 Å². The second-order valence-corrected chi connectivity index (χ2v) is 6.76. The standard InChI is InChI=1S/C22H22F3N3O3/c1-4-30-19-11-16(8-9-18(19)31-22(24)25)21(29)26-20-13(2)27-28(14(20)3)12-15-6-5-7-17(23)10-15/h5-11,22H,4,12H2,1-3H3,(H,26,29). The topological polar surface area (TPSA) is 65.4 Å². The number of alkyl halides is 2. The van der Waals surface area contributed by atoms with Crippen molar-refractivity contribution in [3.63, 3.8) is 0 Å². The zero-order chi connectivity index (χ0) is 22.5. The molecule has 0 aliphatic heterocycles. The zero-order valence-electron chi connectivity index (χ0n) is 17.3. The maximum absolute atomic E-state index is 13.5. The number of anilines is 1. The van der Waals surface area contributed by atoms with Gasteiger partial charge in [-0.3, -0.25) is 9.48 Å². The molecule has 1 N–H and O–H groups in total. The van der Waals surface area contributed by atoms with Gasteiger partial charge in [0.25, 0.3) is 5.91 Å². The minimum Gasteiger partial charge on any atom is -0.490 e. The van der Waals surface area contributed by atoms with Crippen LogP contribution >= 0.6 is 0 Å². The number of aromatic nitrogens is 2. The van der Waals surface area contributed by atoms with Crippen molar-refractivity contribution < 1.29 is 27.4 Å². The average molecular weight is 433 g/mol. The van der Waals surface area contributed by atoms with E-state index in [0.717, 1.165) is 5.56 Å². The number of amides is 1. The summed E-state index contributed by atoms with van der Waals surface area (Å²) >= 11 is 0. The molecule has 1 amide bonds. The fraction of sp³-hybridized carbons (Fsp3) is 0.273. The third kappa shape index (κ3) is 5.36. The second kappa shape index (κ2) is 9.55. The number of nitrogens with zero attached hydrogens (tertiary/aromatic N) is 2. The molecular weight excluding hydrogens is 411 g/mol. The van der Waals surface area contributed by atoms with Gasteiger partial charge in [-0.25, -0.2) is 4.39 Å². The Labute approximate surface area is 177 Å². The average Bonchev–Trinajstić information content (AvgIpc) is 2.96. The summed E-state index contributed by atoms with van der Waals surface area (Å²) in [5, 5.41) is 7.23. The summed E-state index contributed by atoms with van der Waals surface area (Å²) in [5.74, 6) is -0.896. The normalized spacial score (nSPS) is 10.9. The molecule has 0 saturated heterocycles. The first-order valence-electron chi connectivity index (χ1n) is 9.60. The highest BCUT2D eigenvalue weighted by Crippen LogP contribution is 2.30. The van der Waals surface area contributed by atoms with Crippen molar-refractivity contribution in [3.8, 4) is 11.5 Å². The number of aryl methyl sites for hydroxylation is 1. The van der Waals surface area contributed by atoms with Gasteiger partial charge < -0.3 is 14.8 Å². The van der Waals surface area contributed by atoms with Crippen LogP contribution in [0.4, 0.5) is 18.9 Å². The minimum atomic E-state index is -3.01. The molecule has 0 radical (unpaired) electrons. The molecule has 1 aromatic heterocycles. The van der Waals surface area contributed by atoms with E-state index in [1.165, 1.54) is 30.3 Å². The fourth-order valence-electron chi connectivity index (χ4n) is 3.14. The first-order valence-corrected chi connectivity index (χ1v) is 9.60. The highest BCUT2D eigenvalue weighted by atomic mass is 19.3. The van der Waals surface area contributed by atoms with Crippen LogP contribution in [0.1, 0.15) is 34.2 Å². The summed E-state index contributed by atoms with van der Waals surface area (Å²) < 4.78 is 50.0. The molecule has 31 heavy (non-hydrogen) atoms. The number of hydrogen-bond acceptors (Lipinski definition) is 4. The third-order valence-electron chi connectivity index (χ3n) is 4.56. The van der Waals surface area contributed by atoms with Crippen LogP contribution in [0.2, 0.25) is 0 Å². The quantitative estimate of drug-likeness (QED) is 0.547. The number of nitrogens with one attached hydrogen (secondary N) is 1. The van der Waals surface area contributed by atoms with Crippen molar-refractivity contribution in [3.05, 3.63) is 70.8 Å². The van der Waals surface area contributed by atoms with Gasteiger partial charge in [-0.15, -0.1) is 0 Å². The molecule has 0 bridgehead atoms. The van der Waals surface area contributed by atoms with Gasteiger partial charge in [-0.2, -0.15) is 13.9 Å². The third-order valence-corrected chi connectivity index (χ3v) is 4.56. The Kier molecular flexibility index (Phi) is 6.84. The Morgan fingerprint density at radius 1 is 1.16 bits per heavy atom. The molecule has 0 saturated carbocycles. The highest BCUT2D eigenvalue weighted by molar-refractivity contribution is 6.05. The molecule has 0 aliphatic carbocycles. The van der Waals surface area contributed by atoms with E-state index in [1.54, 1.807) is 37.6 Å². The number of rotatable bonds is 8. The Bertz CT molecular complexity index is 1080. The van der Waals surface area contributed by atoms with Crippen molar-refractivity contribution in [2.75, 3.05) is 11.9 Å². The molecular formula is C22H22F3N3O3. The van der Waals surface area contributed by atoms with E-state index in [2.05, 4.69) is 15.2 Å². The molecule has 2 aromatic carbocycles. The smallest absolute Gasteiger partial charge is 0.387 e. The molecule has 164 valence electrons. The van der Waals surface area contributed by atoms with Crippen molar-refractivity contribution >= 4 is 11.6 Å². The first kappa shape index (κ1) is 22.2. The van der Waals surface area contributed by atoms with Gasteiger partial charge >= 0.3 is 6.61 Å². The summed E-state index contributed by atoms with van der Waals surface area (Å²) in [6.07, 6.45) is 0. The molecule has 0 unspecified atom stereocenters. The molecule has 0 aliphatic rings. The number of benzene rings is 2. The van der Waals surface area contributed by atoms with Gasteiger partial charge in [0.2, 0.25) is 0 Å². The predicted molar refractivity (Wildman–Crippen MR) is 109 cm³/mol. The van der Waals surface area contributed by atoms with E-state index in [1.807, 2.05) is 0 Å². The SMILES string of the molecule is CCOc1cc(C(=O)Nc2c(C)nn(Cc3cccc(F)c3)c2C)ccc1OC(F)F. The summed E-state index contributed by atoms with van der Waals surface area (Å²) in [6, 6.07) is 10.2. The molecule has 9 heteroatoms. The molecule has 0 fully saturated rings. The molecule has 0 spiro atoms. The van der Waals surface area contributed by atoms with Crippen LogP contribution in [0.15, 0.2) is 42.5 Å². The summed E-state index contributed by atoms with van der Waals surface area (Å²) in [7, 11) is 0. The van der Waals surface area contributed by atoms with Crippen LogP contribution in [-0.2, 0) is 6.54 Å². The monoisotopic (exact) mass is 433 g/mol. The zero-order valence-corrected chi connectivity index (χ0v) is 17.3. The lowest BCUT2D eigenvalue weighted by Gasteiger charge is -2.13. The van der Waals surface area contributed by atoms with Crippen LogP contribution in [0.5, 0.6) is 11.5 Å². The van der Waals surface area contributed by atoms with Gasteiger partial charge in [-0.1, -0.05) is 12.1 Å². The van der Waals surface area contributed by atoms with Gasteiger partial charge in [-0.05, 0) is 56.7 Å². The Hall–Kier alpha value is -3.49. The van der Waals surface area contributed by atoms with E-state index < -0.39 is 12.5 Å². The lowest BCUT2D eigenvalue weighted by atomic mass is 10.1. The lowest BCUT2D eigenvalue weighted by molar-refractivity contribution is -0.0514. The molecule has 3 aromatic rings. The number of hydrogen-bond donors (Lipinski definition) is 1. The van der Waals surface area contributed by atoms with Crippen LogP contribution in [0, 0.1) is 19.7 Å². The van der Waals surface area contributed by atoms with Crippen molar-refractivity contribution in [2.24, 2.45) is 0 Å². The van der Waals surface area contributed by atoms with Gasteiger partial charge in [0.1, 0.15) is 5.82 Å². The van der Waals surface area contributed by atoms with E-state index in [-0.39, 0.29) is 29.5 Å². The Balaban J connectivity index is 1.81. The van der Waals surface area contributed by atoms with Gasteiger partial charge in [0, 0.05) is 5.56 Å². The molecule has 1 heterocycles. The number of carbonyl (C=O) groups excluding carboxylic acids is 1. The number of ether oxygens (including phenoxy) is 2. The first-order chi connectivity index (χ1) is 14.8. The number of halogens is 3. The Morgan fingerprint density at radius 2 is 1.94 bits per heavy atom. The van der Waals surface area contributed by atoms with Crippen molar-refractivity contribution in [1.82, 2.24) is 9.78 Å². The maximum atomic E-state index is 13.5. The summed E-state index contributed by atoms with van der Waals surface area (Å²) in [4.78, 5) is 12.8. The Morgan fingerprint density at radius 3 is 2.61 bits per heavy atom. The van der Waals surface area contributed by atoms with Crippen molar-refractivity contribution in [1.29, 1.82) is 0 Å². The second-order valence-electron chi connectivity index (χ2n) is 6.76. The largest absolute Gasteiger partial charge is 0.490 e. The predicted octanol–water partition coefficient (Wildman–Crippen LogP) is 4.94. The van der Waals surface area contributed by atoms with Gasteiger partial charge in [0.15, 0.2) is 11.5 Å². The summed E-state index contributed by atoms with van der Waals surface area (Å²) in [6.45, 7) is 2.78. The van der Waals surface area contributed by atoms with E-state index in [9.17, 15) is 18.0 Å². The van der Waals surface area contributed by atoms with E-state index in [4.69, 9.17) is 4.74 Å². The maximum Gasteiger partial charge on any atom is 0.387 e. The minimum absolute atomic E-state index is 0.0469. The molecule has 0 atom stereocenters. The van der Waals surface area contributed by atoms with Crippen LogP contribution in [0.3, 0.4) is 0 Å². The van der Waals surface area contributed by atoms with Crippen LogP contribution in [-0.4, -0.2) is 28.9 Å².